The molecular formula is C20H23N3O5S. The average Bonchev–Trinajstić information content (AvgIpc) is 2.74. The van der Waals surface area contributed by atoms with E-state index in [0.29, 0.717) is 34.3 Å². The molecule has 0 spiro atoms. The van der Waals surface area contributed by atoms with Crippen molar-refractivity contribution in [2.24, 2.45) is 4.99 Å². The van der Waals surface area contributed by atoms with Crippen LogP contribution in [-0.2, 0) is 11.2 Å². The molecular weight excluding hydrogens is 394 g/mol. The van der Waals surface area contributed by atoms with Gasteiger partial charge in [-0.1, -0.05) is 23.9 Å². The number of ether oxygens (including phenoxy) is 2. The van der Waals surface area contributed by atoms with Gasteiger partial charge in [0.05, 0.1) is 30.7 Å². The SMILES string of the molecule is C/N=C(/CNC(=O)CCc1ccc(OC)c(OC)c1)Sc1cccc([N+](=O)[O-])c1. The number of carbonyl (C=O) groups excluding carboxylic acids is 1. The molecule has 2 aromatic carbocycles. The second-order valence-corrected chi connectivity index (χ2v) is 7.09. The van der Waals surface area contributed by atoms with Crippen molar-refractivity contribution < 1.29 is 19.2 Å². The van der Waals surface area contributed by atoms with Crippen molar-refractivity contribution in [1.82, 2.24) is 5.32 Å². The van der Waals surface area contributed by atoms with Crippen LogP contribution < -0.4 is 14.8 Å². The molecule has 0 bridgehead atoms. The molecule has 0 fully saturated rings. The van der Waals surface area contributed by atoms with Crippen LogP contribution in [0.3, 0.4) is 0 Å². The van der Waals surface area contributed by atoms with Crippen LogP contribution in [-0.4, -0.2) is 43.7 Å². The van der Waals surface area contributed by atoms with Gasteiger partial charge >= 0.3 is 0 Å². The number of carbonyl (C=O) groups is 1. The van der Waals surface area contributed by atoms with Crippen LogP contribution in [0.1, 0.15) is 12.0 Å². The summed E-state index contributed by atoms with van der Waals surface area (Å²) in [5.41, 5.74) is 0.984. The Morgan fingerprint density at radius 3 is 2.59 bits per heavy atom. The molecule has 0 aromatic heterocycles. The Labute approximate surface area is 173 Å². The monoisotopic (exact) mass is 417 g/mol. The molecule has 0 radical (unpaired) electrons. The maximum atomic E-state index is 12.2. The highest BCUT2D eigenvalue weighted by molar-refractivity contribution is 8.14. The van der Waals surface area contributed by atoms with E-state index >= 15 is 0 Å². The van der Waals surface area contributed by atoms with E-state index in [-0.39, 0.29) is 18.1 Å². The Morgan fingerprint density at radius 2 is 1.93 bits per heavy atom. The quantitative estimate of drug-likeness (QED) is 0.220. The van der Waals surface area contributed by atoms with Crippen molar-refractivity contribution in [1.29, 1.82) is 0 Å². The summed E-state index contributed by atoms with van der Waals surface area (Å²) in [4.78, 5) is 27.5. The predicted octanol–water partition coefficient (Wildman–Crippen LogP) is 3.48. The molecule has 0 atom stereocenters. The third-order valence-corrected chi connectivity index (χ3v) is 5.09. The number of methoxy groups -OCH3 is 2. The maximum Gasteiger partial charge on any atom is 0.270 e. The van der Waals surface area contributed by atoms with E-state index in [1.807, 2.05) is 18.2 Å². The molecule has 2 aromatic rings. The van der Waals surface area contributed by atoms with E-state index in [0.717, 1.165) is 5.56 Å². The van der Waals surface area contributed by atoms with Crippen LogP contribution in [0, 0.1) is 10.1 Å². The molecule has 0 saturated carbocycles. The minimum absolute atomic E-state index is 0.0180. The van der Waals surface area contributed by atoms with Crippen LogP contribution in [0.2, 0.25) is 0 Å². The van der Waals surface area contributed by atoms with Gasteiger partial charge in [0.25, 0.3) is 5.69 Å². The molecule has 0 unspecified atom stereocenters. The number of nitro groups is 1. The summed E-state index contributed by atoms with van der Waals surface area (Å²) in [5, 5.41) is 14.4. The Balaban J connectivity index is 1.86. The molecule has 154 valence electrons. The molecule has 9 heteroatoms. The van der Waals surface area contributed by atoms with Crippen molar-refractivity contribution in [3.8, 4) is 11.5 Å². The molecule has 1 N–H and O–H groups in total. The van der Waals surface area contributed by atoms with Crippen LogP contribution in [0.25, 0.3) is 0 Å². The van der Waals surface area contributed by atoms with Gasteiger partial charge in [-0.3, -0.25) is 19.9 Å². The summed E-state index contributed by atoms with van der Waals surface area (Å²) < 4.78 is 10.5. The number of benzene rings is 2. The zero-order valence-electron chi connectivity index (χ0n) is 16.5. The van der Waals surface area contributed by atoms with Gasteiger partial charge < -0.3 is 14.8 Å². The van der Waals surface area contributed by atoms with Gasteiger partial charge in [-0.25, -0.2) is 0 Å². The number of aliphatic imine (C=N–C) groups is 1. The molecule has 0 aliphatic rings. The van der Waals surface area contributed by atoms with Gasteiger partial charge in [0, 0.05) is 30.5 Å². The molecule has 8 nitrogen and oxygen atoms in total. The van der Waals surface area contributed by atoms with Crippen molar-refractivity contribution in [3.63, 3.8) is 0 Å². The zero-order chi connectivity index (χ0) is 21.2. The van der Waals surface area contributed by atoms with Gasteiger partial charge in [0.15, 0.2) is 11.5 Å². The van der Waals surface area contributed by atoms with Crippen LogP contribution >= 0.6 is 11.8 Å². The summed E-state index contributed by atoms with van der Waals surface area (Å²) in [6, 6.07) is 11.9. The summed E-state index contributed by atoms with van der Waals surface area (Å²) in [6.07, 6.45) is 0.872. The molecule has 1 amide bonds. The van der Waals surface area contributed by atoms with E-state index in [1.54, 1.807) is 33.4 Å². The minimum atomic E-state index is -0.442. The standard InChI is InChI=1S/C20H23N3O5S/c1-21-20(29-16-6-4-5-15(12-16)23(25)26)13-22-19(24)10-8-14-7-9-17(27-2)18(11-14)28-3/h4-7,9,11-12H,8,10,13H2,1-3H3,(H,22,24)/b21-20-. The van der Waals surface area contributed by atoms with Crippen LogP contribution in [0.5, 0.6) is 11.5 Å². The first kappa shape index (κ1) is 22.2. The number of nitro benzene ring substituents is 1. The number of hydrogen-bond donors (Lipinski definition) is 1. The Morgan fingerprint density at radius 1 is 1.17 bits per heavy atom. The third-order valence-electron chi connectivity index (χ3n) is 4.04. The second-order valence-electron chi connectivity index (χ2n) is 5.94. The Hall–Kier alpha value is -3.07. The number of non-ortho nitro benzene ring substituents is 1. The molecule has 2 rings (SSSR count). The summed E-state index contributed by atoms with van der Waals surface area (Å²) in [6.45, 7) is 0.259. The zero-order valence-corrected chi connectivity index (χ0v) is 17.3. The van der Waals surface area contributed by atoms with Crippen LogP contribution in [0.15, 0.2) is 52.4 Å². The van der Waals surface area contributed by atoms with Crippen LogP contribution in [0.4, 0.5) is 5.69 Å². The normalized spacial score (nSPS) is 11.1. The topological polar surface area (TPSA) is 103 Å². The number of aryl methyl sites for hydroxylation is 1. The summed E-state index contributed by atoms with van der Waals surface area (Å²) in [7, 11) is 4.76. The van der Waals surface area contributed by atoms with Crippen molar-refractivity contribution >= 4 is 28.4 Å². The molecule has 0 aliphatic carbocycles. The fourth-order valence-corrected chi connectivity index (χ4v) is 3.35. The maximum absolute atomic E-state index is 12.2. The summed E-state index contributed by atoms with van der Waals surface area (Å²) in [5.74, 6) is 1.16. The van der Waals surface area contributed by atoms with Crippen molar-refractivity contribution in [3.05, 3.63) is 58.1 Å². The first-order valence-electron chi connectivity index (χ1n) is 8.82. The van der Waals surface area contributed by atoms with E-state index in [4.69, 9.17) is 9.47 Å². The number of thioether (sulfide) groups is 1. The first-order chi connectivity index (χ1) is 14.0. The van der Waals surface area contributed by atoms with E-state index < -0.39 is 4.92 Å². The van der Waals surface area contributed by atoms with Crippen molar-refractivity contribution in [2.75, 3.05) is 27.8 Å². The largest absolute Gasteiger partial charge is 0.493 e. The number of rotatable bonds is 9. The Kier molecular flexibility index (Phi) is 8.47. The highest BCUT2D eigenvalue weighted by Gasteiger charge is 2.11. The number of nitrogens with zero attached hydrogens (tertiary/aromatic N) is 2. The molecule has 0 saturated heterocycles. The number of nitrogens with one attached hydrogen (secondary N) is 1. The third kappa shape index (κ3) is 6.79. The molecule has 29 heavy (non-hydrogen) atoms. The fourth-order valence-electron chi connectivity index (χ4n) is 2.51. The van der Waals surface area contributed by atoms with E-state index in [9.17, 15) is 14.9 Å². The first-order valence-corrected chi connectivity index (χ1v) is 9.64. The Bertz CT molecular complexity index is 901. The number of hydrogen-bond acceptors (Lipinski definition) is 7. The molecule has 0 aliphatic heterocycles. The van der Waals surface area contributed by atoms with E-state index in [2.05, 4.69) is 10.3 Å². The fraction of sp³-hybridized carbons (Fsp3) is 0.300. The highest BCUT2D eigenvalue weighted by atomic mass is 32.2. The number of amides is 1. The van der Waals surface area contributed by atoms with Crippen molar-refractivity contribution in [2.45, 2.75) is 17.7 Å². The van der Waals surface area contributed by atoms with Gasteiger partial charge in [0.1, 0.15) is 0 Å². The lowest BCUT2D eigenvalue weighted by Gasteiger charge is -2.10. The lowest BCUT2D eigenvalue weighted by molar-refractivity contribution is -0.385. The minimum Gasteiger partial charge on any atom is -0.493 e. The molecule has 0 heterocycles. The van der Waals surface area contributed by atoms with Gasteiger partial charge in [-0.15, -0.1) is 0 Å². The van der Waals surface area contributed by atoms with Gasteiger partial charge in [-0.05, 0) is 30.2 Å². The average molecular weight is 417 g/mol. The van der Waals surface area contributed by atoms with Gasteiger partial charge in [0.2, 0.25) is 5.91 Å². The predicted molar refractivity (Wildman–Crippen MR) is 113 cm³/mol. The lowest BCUT2D eigenvalue weighted by atomic mass is 10.1. The smallest absolute Gasteiger partial charge is 0.270 e. The summed E-state index contributed by atoms with van der Waals surface area (Å²) >= 11 is 1.29. The van der Waals surface area contributed by atoms with E-state index in [1.165, 1.54) is 23.9 Å². The van der Waals surface area contributed by atoms with Gasteiger partial charge in [-0.2, -0.15) is 0 Å². The lowest BCUT2D eigenvalue weighted by Crippen LogP contribution is -2.28. The highest BCUT2D eigenvalue weighted by Crippen LogP contribution is 2.28. The second kappa shape index (κ2) is 11.1.